The summed E-state index contributed by atoms with van der Waals surface area (Å²) < 4.78 is 0. The lowest BCUT2D eigenvalue weighted by atomic mass is 10.0. The van der Waals surface area contributed by atoms with E-state index in [4.69, 9.17) is 5.84 Å². The monoisotopic (exact) mass is 244 g/mol. The molecule has 0 radical (unpaired) electrons. The van der Waals surface area contributed by atoms with Crippen molar-refractivity contribution in [3.63, 3.8) is 0 Å². The van der Waals surface area contributed by atoms with Crippen LogP contribution in [-0.4, -0.2) is 21.0 Å². The summed E-state index contributed by atoms with van der Waals surface area (Å²) in [4.78, 5) is 0. The minimum atomic E-state index is -0.118. The molecule has 0 aliphatic heterocycles. The number of hydrogen-bond donors (Lipinski definition) is 4. The quantitative estimate of drug-likeness (QED) is 0.365. The second-order valence-corrected chi connectivity index (χ2v) is 3.73. The average molecular weight is 244 g/mol. The molecule has 0 spiro atoms. The lowest BCUT2D eigenvalue weighted by Gasteiger charge is -2.08. The Morgan fingerprint density at radius 3 is 2.06 bits per heavy atom. The number of benzene rings is 2. The molecule has 18 heavy (non-hydrogen) atoms. The number of nitrogens with zero attached hydrogens (tertiary/aromatic N) is 1. The maximum Gasteiger partial charge on any atom is 0.128 e. The van der Waals surface area contributed by atoms with E-state index in [1.165, 1.54) is 30.3 Å². The molecular formula is C13H12N2O3. The number of hydrogen-bond acceptors (Lipinski definition) is 5. The Kier molecular flexibility index (Phi) is 3.05. The van der Waals surface area contributed by atoms with Crippen LogP contribution in [0.25, 0.3) is 0 Å². The van der Waals surface area contributed by atoms with E-state index < -0.39 is 0 Å². The molecule has 0 saturated carbocycles. The number of hydrazone groups is 1. The SMILES string of the molecule is NN=C(c1ccc(O)cc1)c1ccc(O)cc1O. The molecule has 2 aromatic rings. The highest BCUT2D eigenvalue weighted by Crippen LogP contribution is 2.25. The third-order valence-electron chi connectivity index (χ3n) is 2.51. The van der Waals surface area contributed by atoms with E-state index in [1.807, 2.05) is 0 Å². The van der Waals surface area contributed by atoms with Gasteiger partial charge in [-0.15, -0.1) is 0 Å². The summed E-state index contributed by atoms with van der Waals surface area (Å²) >= 11 is 0. The zero-order valence-electron chi connectivity index (χ0n) is 9.41. The summed E-state index contributed by atoms with van der Waals surface area (Å²) in [5.74, 6) is 5.30. The fourth-order valence-electron chi connectivity index (χ4n) is 1.64. The summed E-state index contributed by atoms with van der Waals surface area (Å²) in [6.45, 7) is 0. The molecule has 0 fully saturated rings. The van der Waals surface area contributed by atoms with E-state index in [-0.39, 0.29) is 17.2 Å². The lowest BCUT2D eigenvalue weighted by Crippen LogP contribution is -2.06. The maximum atomic E-state index is 9.76. The van der Waals surface area contributed by atoms with E-state index in [1.54, 1.807) is 12.1 Å². The number of phenolic OH excluding ortho intramolecular Hbond substituents is 3. The Morgan fingerprint density at radius 2 is 1.50 bits per heavy atom. The van der Waals surface area contributed by atoms with E-state index in [9.17, 15) is 15.3 Å². The van der Waals surface area contributed by atoms with E-state index in [2.05, 4.69) is 5.10 Å². The second-order valence-electron chi connectivity index (χ2n) is 3.73. The molecule has 2 aromatic carbocycles. The van der Waals surface area contributed by atoms with Crippen LogP contribution in [0, 0.1) is 0 Å². The van der Waals surface area contributed by atoms with Crippen molar-refractivity contribution >= 4 is 5.71 Å². The summed E-state index contributed by atoms with van der Waals surface area (Å²) in [6.07, 6.45) is 0. The largest absolute Gasteiger partial charge is 0.508 e. The van der Waals surface area contributed by atoms with Crippen LogP contribution in [0.3, 0.4) is 0 Å². The molecule has 0 bridgehead atoms. The van der Waals surface area contributed by atoms with E-state index in [0.29, 0.717) is 16.8 Å². The zero-order chi connectivity index (χ0) is 13.1. The molecule has 5 nitrogen and oxygen atoms in total. The van der Waals surface area contributed by atoms with Gasteiger partial charge in [-0.2, -0.15) is 5.10 Å². The Morgan fingerprint density at radius 1 is 0.889 bits per heavy atom. The fraction of sp³-hybridized carbons (Fsp3) is 0. The van der Waals surface area contributed by atoms with Crippen molar-refractivity contribution in [2.75, 3.05) is 0 Å². The van der Waals surface area contributed by atoms with Gasteiger partial charge in [-0.3, -0.25) is 0 Å². The minimum absolute atomic E-state index is 0.0432. The van der Waals surface area contributed by atoms with Crippen molar-refractivity contribution in [1.29, 1.82) is 0 Å². The summed E-state index contributed by atoms with van der Waals surface area (Å²) in [7, 11) is 0. The molecule has 0 aliphatic carbocycles. The van der Waals surface area contributed by atoms with Crippen LogP contribution in [0.1, 0.15) is 11.1 Å². The highest BCUT2D eigenvalue weighted by molar-refractivity contribution is 6.14. The predicted molar refractivity (Wildman–Crippen MR) is 67.7 cm³/mol. The van der Waals surface area contributed by atoms with E-state index >= 15 is 0 Å². The third-order valence-corrected chi connectivity index (χ3v) is 2.51. The van der Waals surface area contributed by atoms with Gasteiger partial charge in [0.15, 0.2) is 0 Å². The lowest BCUT2D eigenvalue weighted by molar-refractivity contribution is 0.450. The van der Waals surface area contributed by atoms with Crippen LogP contribution in [-0.2, 0) is 0 Å². The standard InChI is InChI=1S/C13H12N2O3/c14-15-13(8-1-3-9(16)4-2-8)11-6-5-10(17)7-12(11)18/h1-7,16-18H,14H2. The Balaban J connectivity index is 2.49. The normalized spacial score (nSPS) is 11.4. The van der Waals surface area contributed by atoms with Crippen LogP contribution in [0.4, 0.5) is 0 Å². The van der Waals surface area contributed by atoms with Crippen molar-refractivity contribution in [1.82, 2.24) is 0 Å². The smallest absolute Gasteiger partial charge is 0.128 e. The average Bonchev–Trinajstić information content (AvgIpc) is 2.35. The van der Waals surface area contributed by atoms with Crippen molar-refractivity contribution in [3.05, 3.63) is 53.6 Å². The molecule has 92 valence electrons. The molecule has 0 unspecified atom stereocenters. The molecule has 0 amide bonds. The molecule has 2 rings (SSSR count). The molecule has 0 atom stereocenters. The molecule has 0 heterocycles. The van der Waals surface area contributed by atoms with Crippen molar-refractivity contribution in [2.24, 2.45) is 10.9 Å². The topological polar surface area (TPSA) is 99.1 Å². The first-order valence-corrected chi connectivity index (χ1v) is 5.21. The predicted octanol–water partition coefficient (Wildman–Crippen LogP) is 1.51. The first-order valence-electron chi connectivity index (χ1n) is 5.21. The fourth-order valence-corrected chi connectivity index (χ4v) is 1.64. The number of nitrogens with two attached hydrogens (primary N) is 1. The molecule has 0 saturated heterocycles. The van der Waals surface area contributed by atoms with Gasteiger partial charge >= 0.3 is 0 Å². The zero-order valence-corrected chi connectivity index (χ0v) is 9.41. The van der Waals surface area contributed by atoms with Crippen molar-refractivity contribution in [2.45, 2.75) is 0 Å². The Bertz CT molecular complexity index is 592. The molecule has 0 aromatic heterocycles. The molecular weight excluding hydrogens is 232 g/mol. The van der Waals surface area contributed by atoms with Gasteiger partial charge in [0.05, 0.1) is 0 Å². The van der Waals surface area contributed by atoms with Gasteiger partial charge in [0.2, 0.25) is 0 Å². The van der Waals surface area contributed by atoms with Gasteiger partial charge in [0, 0.05) is 17.2 Å². The van der Waals surface area contributed by atoms with Gasteiger partial charge in [-0.1, -0.05) is 0 Å². The van der Waals surface area contributed by atoms with Gasteiger partial charge in [-0.05, 0) is 36.4 Å². The summed E-state index contributed by atoms with van der Waals surface area (Å²) in [6, 6.07) is 10.4. The van der Waals surface area contributed by atoms with Gasteiger partial charge in [0.25, 0.3) is 0 Å². The number of rotatable bonds is 2. The van der Waals surface area contributed by atoms with Crippen molar-refractivity contribution < 1.29 is 15.3 Å². The number of phenols is 3. The first kappa shape index (κ1) is 11.8. The first-order chi connectivity index (χ1) is 8.61. The van der Waals surface area contributed by atoms with Crippen LogP contribution in [0.15, 0.2) is 47.6 Å². The second kappa shape index (κ2) is 4.67. The van der Waals surface area contributed by atoms with Gasteiger partial charge in [0.1, 0.15) is 23.0 Å². The third kappa shape index (κ3) is 2.20. The Labute approximate surface area is 103 Å². The minimum Gasteiger partial charge on any atom is -0.508 e. The molecule has 0 aliphatic rings. The summed E-state index contributed by atoms with van der Waals surface area (Å²) in [5, 5.41) is 31.9. The maximum absolute atomic E-state index is 9.76. The van der Waals surface area contributed by atoms with Gasteiger partial charge in [-0.25, -0.2) is 0 Å². The molecule has 5 N–H and O–H groups in total. The molecule has 5 heteroatoms. The highest BCUT2D eigenvalue weighted by Gasteiger charge is 2.12. The van der Waals surface area contributed by atoms with Crippen molar-refractivity contribution in [3.8, 4) is 17.2 Å². The van der Waals surface area contributed by atoms with Crippen LogP contribution in [0.2, 0.25) is 0 Å². The van der Waals surface area contributed by atoms with E-state index in [0.717, 1.165) is 0 Å². The van der Waals surface area contributed by atoms with Crippen LogP contribution >= 0.6 is 0 Å². The van der Waals surface area contributed by atoms with Crippen LogP contribution in [0.5, 0.6) is 17.2 Å². The number of aromatic hydroxyl groups is 3. The van der Waals surface area contributed by atoms with Crippen LogP contribution < -0.4 is 5.84 Å². The van der Waals surface area contributed by atoms with Gasteiger partial charge < -0.3 is 21.2 Å². The Hall–Kier alpha value is -2.69. The summed E-state index contributed by atoms with van der Waals surface area (Å²) in [5.41, 5.74) is 1.42. The highest BCUT2D eigenvalue weighted by atomic mass is 16.3.